The van der Waals surface area contributed by atoms with Gasteiger partial charge in [-0.3, -0.25) is 0 Å². The fourth-order valence-electron chi connectivity index (χ4n) is 4.71. The molecule has 0 saturated heterocycles. The molecule has 13 heteroatoms. The average Bonchev–Trinajstić information content (AvgIpc) is 3.09. The number of unbranched alkanes of at least 4 members (excludes halogenated alkanes) is 8. The number of carbonyl (C=O) groups excluding carboxylic acids is 4. The second-order valence-corrected chi connectivity index (χ2v) is 39.4. The molecule has 0 aromatic carbocycles. The van der Waals surface area contributed by atoms with Crippen molar-refractivity contribution >= 4 is 116 Å². The predicted octanol–water partition coefficient (Wildman–Crippen LogP) is 11.1. The van der Waals surface area contributed by atoms with Crippen LogP contribution in [0.2, 0.25) is 35.5 Å². The molecule has 0 unspecified atom stereocenters. The van der Waals surface area contributed by atoms with Crippen molar-refractivity contribution in [1.29, 1.82) is 0 Å². The summed E-state index contributed by atoms with van der Waals surface area (Å²) in [5.74, 6) is -0.216. The molecule has 0 aliphatic carbocycles. The maximum Gasteiger partial charge on any atom is -0.0149 e. The molecule has 0 amide bonds. The van der Waals surface area contributed by atoms with Gasteiger partial charge in [0.05, 0.1) is 0 Å². The van der Waals surface area contributed by atoms with Crippen LogP contribution in [-0.2, 0) is 31.5 Å². The van der Waals surface area contributed by atoms with Crippen molar-refractivity contribution in [3.63, 3.8) is 0 Å². The minimum absolute atomic E-state index is 0. The van der Waals surface area contributed by atoms with Gasteiger partial charge in [0.25, 0.3) is 0 Å². The van der Waals surface area contributed by atoms with Crippen molar-refractivity contribution < 1.29 is 31.5 Å². The smallest absolute Gasteiger partial charge is 0.0149 e. The van der Waals surface area contributed by atoms with E-state index in [-0.39, 0.29) is 34.8 Å². The van der Waals surface area contributed by atoms with Crippen LogP contribution in [-0.4, -0.2) is 116 Å². The van der Waals surface area contributed by atoms with Crippen LogP contribution < -0.4 is 0 Å². The van der Waals surface area contributed by atoms with Crippen molar-refractivity contribution in [3.8, 4) is 0 Å². The Morgan fingerprint density at radius 2 is 0.415 bits per heavy atom. The Hall–Kier alpha value is 1.29. The van der Waals surface area contributed by atoms with Crippen LogP contribution in [0.3, 0.4) is 0 Å². The van der Waals surface area contributed by atoms with Crippen LogP contribution >= 0.6 is 0 Å². The first-order valence-electron chi connectivity index (χ1n) is 20.9. The van der Waals surface area contributed by atoms with Gasteiger partial charge in [-0.1, -0.05) is 0 Å². The summed E-state index contributed by atoms with van der Waals surface area (Å²) in [7, 11) is 0. The number of hydrogen-bond acceptors (Lipinski definition) is 8. The normalized spacial score (nSPS) is 10.3. The number of hydrogen-bond donors (Lipinski definition) is 0. The zero-order chi connectivity index (χ0) is 40.4. The van der Waals surface area contributed by atoms with Crippen LogP contribution in [0.25, 0.3) is 0 Å². The Kier molecular flexibility index (Phi) is 61.4. The maximum absolute atomic E-state index is 10.8. The molecule has 316 valence electrons. The first kappa shape index (κ1) is 63.5. The van der Waals surface area contributed by atoms with Gasteiger partial charge in [0.1, 0.15) is 0 Å². The largest absolute Gasteiger partial charge is 0.0149 e. The molecule has 0 fully saturated rings. The second kappa shape index (κ2) is 51.3. The second-order valence-electron chi connectivity index (χ2n) is 13.4. The molecule has 8 nitrogen and oxygen atoms in total. The summed E-state index contributed by atoms with van der Waals surface area (Å²) in [5, 5.41) is 0. The molecule has 0 bridgehead atoms. The monoisotopic (exact) mass is 1200 g/mol. The molecular weight excluding hydrogens is 1110 g/mol. The van der Waals surface area contributed by atoms with Crippen molar-refractivity contribution in [3.05, 3.63) is 0 Å². The quantitative estimate of drug-likeness (QED) is 0.0714. The van der Waals surface area contributed by atoms with Crippen LogP contribution in [0.5, 0.6) is 0 Å². The predicted molar refractivity (Wildman–Crippen MR) is 239 cm³/mol. The fraction of sp³-hybridized carbons (Fsp3) is 0.900. The summed E-state index contributed by atoms with van der Waals surface area (Å²) in [6.07, 6.45) is 19.7. The fourth-order valence-corrected chi connectivity index (χ4v) is 31.6. The summed E-state index contributed by atoms with van der Waals surface area (Å²) >= 11 is -6.94. The third-order valence-electron chi connectivity index (χ3n) is 7.63. The van der Waals surface area contributed by atoms with Gasteiger partial charge in [0.15, 0.2) is 0 Å². The molecule has 0 spiro atoms. The molecule has 0 aliphatic rings. The third-order valence-corrected chi connectivity index (χ3v) is 35.0. The van der Waals surface area contributed by atoms with E-state index in [1.165, 1.54) is 138 Å². The molecule has 0 aromatic rings. The van der Waals surface area contributed by atoms with Gasteiger partial charge in [-0.05, 0) is 11.0 Å². The maximum atomic E-state index is 10.8. The Morgan fingerprint density at radius 1 is 0.302 bits per heavy atom. The van der Waals surface area contributed by atoms with Gasteiger partial charge in [-0.25, -0.2) is 0 Å². The van der Waals surface area contributed by atoms with E-state index in [1.54, 1.807) is 27.7 Å². The van der Waals surface area contributed by atoms with Crippen molar-refractivity contribution in [2.24, 2.45) is 0 Å². The zero-order valence-electron chi connectivity index (χ0n) is 36.2. The van der Waals surface area contributed by atoms with Gasteiger partial charge in [-0.2, -0.15) is 0 Å². The van der Waals surface area contributed by atoms with E-state index in [0.29, 0.717) is 0 Å². The van der Waals surface area contributed by atoms with Crippen molar-refractivity contribution in [1.82, 2.24) is 0 Å². The molecule has 0 atom stereocenters. The molecular formula is C40H88O8SiSn4. The average molecular weight is 1200 g/mol. The number of carbonyl (C=O) groups is 4. The van der Waals surface area contributed by atoms with Crippen molar-refractivity contribution in [2.45, 2.75) is 221 Å². The summed E-state index contributed by atoms with van der Waals surface area (Å²) in [4.78, 5) is 43.2. The summed E-state index contributed by atoms with van der Waals surface area (Å²) in [6.45, 7) is 23.7. The molecule has 0 aromatic heterocycles. The van der Waals surface area contributed by atoms with Gasteiger partial charge in [-0.15, -0.1) is 0 Å². The zero-order valence-corrected chi connectivity index (χ0v) is 47.7. The van der Waals surface area contributed by atoms with Crippen molar-refractivity contribution in [2.75, 3.05) is 0 Å². The van der Waals surface area contributed by atoms with Gasteiger partial charge < -0.3 is 0 Å². The molecule has 0 aliphatic heterocycles. The Balaban J connectivity index is -0.000000192. The topological polar surface area (TPSA) is 105 Å². The van der Waals surface area contributed by atoms with E-state index in [2.05, 4.69) is 55.4 Å². The van der Waals surface area contributed by atoms with Crippen LogP contribution in [0, 0.1) is 0 Å². The number of rotatable bonds is 28. The molecule has 0 rings (SSSR count). The third kappa shape index (κ3) is 57.7. The first-order chi connectivity index (χ1) is 24.8. The van der Waals surface area contributed by atoms with Gasteiger partial charge in [0, 0.05) is 0 Å². The summed E-state index contributed by atoms with van der Waals surface area (Å²) in [5.41, 5.74) is 0. The molecule has 4 radical (unpaired) electrons. The minimum Gasteiger partial charge on any atom is -0.0149 e. The first-order valence-corrected chi connectivity index (χ1v) is 41.7. The van der Waals surface area contributed by atoms with Crippen LogP contribution in [0.1, 0.15) is 186 Å². The molecule has 53 heavy (non-hydrogen) atoms. The Labute approximate surface area is 364 Å². The summed E-state index contributed by atoms with van der Waals surface area (Å²) < 4.78 is 31.4. The Bertz CT molecular complexity index is 651. The Morgan fingerprint density at radius 3 is 0.491 bits per heavy atom. The molecule has 0 saturated carbocycles. The minimum atomic E-state index is -1.73. The summed E-state index contributed by atoms with van der Waals surface area (Å²) in [6, 6.07) is 0. The van der Waals surface area contributed by atoms with E-state index >= 15 is 0 Å². The SMILES string of the molecule is CCC[CH2][Sn]([CH2]CCC)[O]C(C)=O.CCC[CH2][Sn]([CH2]CCC)[O]C(C)=O.CCC[CH2][Sn]([CH2]CCC)[O]C(C)=O.CCC[CH2][Sn]([CH2]CCC)[O]C(C)=O.[SiH4]. The van der Waals surface area contributed by atoms with E-state index in [4.69, 9.17) is 12.3 Å². The van der Waals surface area contributed by atoms with E-state index in [9.17, 15) is 19.2 Å². The van der Waals surface area contributed by atoms with E-state index in [0.717, 1.165) is 0 Å². The standard InChI is InChI=1S/8C4H9.4C2H4O2.H4Si.4Sn/c8*1-3-4-2;4*1-2(3)4;;;;;/h8*1,3-4H2,2H3;4*1H3,(H,3,4);1H4;;;;/q;;;;;;;;;;;;;4*+1/p-4. The van der Waals surface area contributed by atoms with Crippen LogP contribution in [0.4, 0.5) is 0 Å². The van der Waals surface area contributed by atoms with Gasteiger partial charge >= 0.3 is 357 Å². The van der Waals surface area contributed by atoms with Gasteiger partial charge in [0.2, 0.25) is 0 Å². The molecule has 0 N–H and O–H groups in total. The van der Waals surface area contributed by atoms with E-state index in [1.807, 2.05) is 0 Å². The van der Waals surface area contributed by atoms with E-state index < -0.39 is 80.7 Å². The van der Waals surface area contributed by atoms with Crippen LogP contribution in [0.15, 0.2) is 0 Å². The molecule has 0 heterocycles.